The molecule has 1 aromatic rings. The quantitative estimate of drug-likeness (QED) is 0.789. The molecule has 18 heavy (non-hydrogen) atoms. The first-order chi connectivity index (χ1) is 8.60. The minimum absolute atomic E-state index is 0.467. The van der Waals surface area contributed by atoms with E-state index in [1.807, 2.05) is 13.8 Å². The van der Waals surface area contributed by atoms with Gasteiger partial charge in [0.15, 0.2) is 5.82 Å². The van der Waals surface area contributed by atoms with Crippen molar-refractivity contribution in [2.75, 3.05) is 13.2 Å². The molecule has 2 heterocycles. The Morgan fingerprint density at radius 2 is 2.17 bits per heavy atom. The Labute approximate surface area is 113 Å². The largest absolute Gasteiger partial charge is 0.376 e. The lowest BCUT2D eigenvalue weighted by Crippen LogP contribution is -2.29. The molecule has 1 unspecified atom stereocenters. The van der Waals surface area contributed by atoms with Crippen LogP contribution in [0.5, 0.6) is 0 Å². The molecule has 0 aromatic carbocycles. The summed E-state index contributed by atoms with van der Waals surface area (Å²) >= 11 is 6.22. The highest BCUT2D eigenvalue weighted by Gasteiger charge is 2.30. The van der Waals surface area contributed by atoms with E-state index in [-0.39, 0.29) is 0 Å². The Kier molecular flexibility index (Phi) is 4.20. The van der Waals surface area contributed by atoms with Crippen LogP contribution in [0, 0.1) is 0 Å². The first-order valence-electron chi connectivity index (χ1n) is 6.38. The van der Waals surface area contributed by atoms with Gasteiger partial charge in [0.05, 0.1) is 18.9 Å². The van der Waals surface area contributed by atoms with Crippen molar-refractivity contribution in [2.45, 2.75) is 45.8 Å². The second kappa shape index (κ2) is 5.51. The summed E-state index contributed by atoms with van der Waals surface area (Å²) < 4.78 is 11.2. The van der Waals surface area contributed by atoms with Crippen LogP contribution in [-0.2, 0) is 28.1 Å². The fourth-order valence-electron chi connectivity index (χ4n) is 2.07. The highest BCUT2D eigenvalue weighted by atomic mass is 35.5. The van der Waals surface area contributed by atoms with E-state index in [0.29, 0.717) is 30.8 Å². The summed E-state index contributed by atoms with van der Waals surface area (Å²) in [6, 6.07) is 0. The lowest BCUT2D eigenvalue weighted by atomic mass is 10.0. The van der Waals surface area contributed by atoms with Gasteiger partial charge in [0, 0.05) is 18.6 Å². The molecule has 1 atom stereocenters. The Morgan fingerprint density at radius 3 is 2.83 bits per heavy atom. The van der Waals surface area contributed by atoms with Crippen molar-refractivity contribution in [2.24, 2.45) is 0 Å². The summed E-state index contributed by atoms with van der Waals surface area (Å²) in [5.74, 6) is 0.678. The molecule has 1 aromatic heterocycles. The van der Waals surface area contributed by atoms with Gasteiger partial charge in [-0.2, -0.15) is 0 Å². The van der Waals surface area contributed by atoms with Gasteiger partial charge in [-0.3, -0.25) is 0 Å². The molecule has 0 N–H and O–H groups in total. The van der Waals surface area contributed by atoms with Crippen molar-refractivity contribution in [3.8, 4) is 0 Å². The van der Waals surface area contributed by atoms with E-state index in [2.05, 4.69) is 16.9 Å². The zero-order valence-corrected chi connectivity index (χ0v) is 11.9. The van der Waals surface area contributed by atoms with Crippen LogP contribution in [0.4, 0.5) is 0 Å². The normalized spacial score (nSPS) is 18.2. The molecule has 5 heteroatoms. The zero-order valence-electron chi connectivity index (χ0n) is 11.1. The Balaban J connectivity index is 2.42. The van der Waals surface area contributed by atoms with Crippen LogP contribution in [0.2, 0.25) is 5.15 Å². The summed E-state index contributed by atoms with van der Waals surface area (Å²) in [4.78, 5) is 9.03. The van der Waals surface area contributed by atoms with E-state index >= 15 is 0 Å². The molecule has 100 valence electrons. The molecule has 0 aliphatic carbocycles. The fraction of sp³-hybridized carbons (Fsp3) is 0.692. The number of aromatic nitrogens is 2. The Bertz CT molecular complexity index is 439. The second-order valence-corrected chi connectivity index (χ2v) is 4.94. The number of ether oxygens (including phenoxy) is 2. The van der Waals surface area contributed by atoms with Gasteiger partial charge in [-0.1, -0.05) is 18.5 Å². The SMILES string of the molecule is CCOC(C)(CC)c1nc(Cl)c2c(n1)CCOC2. The zero-order chi connectivity index (χ0) is 13.2. The third-order valence-corrected chi connectivity index (χ3v) is 3.70. The molecule has 0 amide bonds. The van der Waals surface area contributed by atoms with Gasteiger partial charge in [-0.25, -0.2) is 9.97 Å². The summed E-state index contributed by atoms with van der Waals surface area (Å²) in [5, 5.41) is 0.495. The number of halogens is 1. The lowest BCUT2D eigenvalue weighted by Gasteiger charge is -2.28. The minimum atomic E-state index is -0.467. The molecular weight excluding hydrogens is 252 g/mol. The smallest absolute Gasteiger partial charge is 0.161 e. The van der Waals surface area contributed by atoms with Gasteiger partial charge in [0.25, 0.3) is 0 Å². The maximum atomic E-state index is 6.22. The third-order valence-electron chi connectivity index (χ3n) is 3.38. The molecular formula is C13H19ClN2O2. The van der Waals surface area contributed by atoms with Gasteiger partial charge in [-0.15, -0.1) is 0 Å². The highest BCUT2D eigenvalue weighted by Crippen LogP contribution is 2.30. The molecule has 0 saturated heterocycles. The van der Waals surface area contributed by atoms with Crippen molar-refractivity contribution in [1.29, 1.82) is 0 Å². The van der Waals surface area contributed by atoms with Crippen LogP contribution >= 0.6 is 11.6 Å². The predicted octanol–water partition coefficient (Wildman–Crippen LogP) is 2.86. The van der Waals surface area contributed by atoms with Gasteiger partial charge >= 0.3 is 0 Å². The Morgan fingerprint density at radius 1 is 1.39 bits per heavy atom. The topological polar surface area (TPSA) is 44.2 Å². The Hall–Kier alpha value is -0.710. The van der Waals surface area contributed by atoms with Crippen LogP contribution in [0.1, 0.15) is 44.3 Å². The number of hydrogen-bond acceptors (Lipinski definition) is 4. The van der Waals surface area contributed by atoms with E-state index in [9.17, 15) is 0 Å². The van der Waals surface area contributed by atoms with E-state index < -0.39 is 5.60 Å². The molecule has 0 bridgehead atoms. The van der Waals surface area contributed by atoms with Crippen molar-refractivity contribution in [3.63, 3.8) is 0 Å². The summed E-state index contributed by atoms with van der Waals surface area (Å²) in [6.45, 7) is 7.87. The molecule has 1 aliphatic rings. The average Bonchev–Trinajstić information content (AvgIpc) is 2.39. The monoisotopic (exact) mass is 270 g/mol. The molecule has 0 radical (unpaired) electrons. The van der Waals surface area contributed by atoms with Gasteiger partial charge in [0.1, 0.15) is 10.8 Å². The van der Waals surface area contributed by atoms with Crippen molar-refractivity contribution in [3.05, 3.63) is 22.2 Å². The van der Waals surface area contributed by atoms with Gasteiger partial charge < -0.3 is 9.47 Å². The van der Waals surface area contributed by atoms with E-state index in [0.717, 1.165) is 24.1 Å². The van der Waals surface area contributed by atoms with E-state index in [1.54, 1.807) is 0 Å². The standard InChI is InChI=1S/C13H19ClN2O2/c1-4-13(3,18-5-2)12-15-10-6-7-17-8-9(10)11(14)16-12/h4-8H2,1-3H3. The van der Waals surface area contributed by atoms with E-state index in [4.69, 9.17) is 21.1 Å². The molecule has 0 saturated carbocycles. The van der Waals surface area contributed by atoms with Crippen LogP contribution in [0.25, 0.3) is 0 Å². The summed E-state index contributed by atoms with van der Waals surface area (Å²) in [5.41, 5.74) is 1.45. The molecule has 0 spiro atoms. The van der Waals surface area contributed by atoms with Crippen molar-refractivity contribution >= 4 is 11.6 Å². The maximum Gasteiger partial charge on any atom is 0.161 e. The highest BCUT2D eigenvalue weighted by molar-refractivity contribution is 6.30. The van der Waals surface area contributed by atoms with E-state index in [1.165, 1.54) is 0 Å². The third kappa shape index (κ3) is 2.51. The first-order valence-corrected chi connectivity index (χ1v) is 6.76. The van der Waals surface area contributed by atoms with Crippen molar-refractivity contribution < 1.29 is 9.47 Å². The van der Waals surface area contributed by atoms with Crippen LogP contribution in [0.3, 0.4) is 0 Å². The van der Waals surface area contributed by atoms with Crippen LogP contribution < -0.4 is 0 Å². The molecule has 4 nitrogen and oxygen atoms in total. The summed E-state index contributed by atoms with van der Waals surface area (Å²) in [6.07, 6.45) is 1.60. The van der Waals surface area contributed by atoms with Crippen molar-refractivity contribution in [1.82, 2.24) is 9.97 Å². The fourth-order valence-corrected chi connectivity index (χ4v) is 2.32. The maximum absolute atomic E-state index is 6.22. The number of fused-ring (bicyclic) bond motifs is 1. The lowest BCUT2D eigenvalue weighted by molar-refractivity contribution is -0.0394. The number of hydrogen-bond donors (Lipinski definition) is 0. The second-order valence-electron chi connectivity index (χ2n) is 4.58. The molecule has 2 rings (SSSR count). The number of rotatable bonds is 4. The predicted molar refractivity (Wildman–Crippen MR) is 69.7 cm³/mol. The molecule has 1 aliphatic heterocycles. The molecule has 0 fully saturated rings. The number of nitrogens with zero attached hydrogens (tertiary/aromatic N) is 2. The van der Waals surface area contributed by atoms with Gasteiger partial charge in [-0.05, 0) is 20.3 Å². The van der Waals surface area contributed by atoms with Crippen LogP contribution in [-0.4, -0.2) is 23.2 Å². The first kappa shape index (κ1) is 13.7. The summed E-state index contributed by atoms with van der Waals surface area (Å²) in [7, 11) is 0. The average molecular weight is 271 g/mol. The van der Waals surface area contributed by atoms with Gasteiger partial charge in [0.2, 0.25) is 0 Å². The minimum Gasteiger partial charge on any atom is -0.376 e. The van der Waals surface area contributed by atoms with Crippen LogP contribution in [0.15, 0.2) is 0 Å².